The highest BCUT2D eigenvalue weighted by atomic mass is 19.1. The fraction of sp³-hybridized carbons (Fsp3) is 0.357. The number of H-pyrrole nitrogens is 2. The summed E-state index contributed by atoms with van der Waals surface area (Å²) in [6.07, 6.45) is 6.26. The number of aromatic amines is 2. The molecular formula is C28H31FN6. The zero-order valence-electron chi connectivity index (χ0n) is 20.1. The van der Waals surface area contributed by atoms with E-state index >= 15 is 0 Å². The number of nitrogens with one attached hydrogen (secondary N) is 4. The monoisotopic (exact) mass is 470 g/mol. The summed E-state index contributed by atoms with van der Waals surface area (Å²) < 4.78 is 14.6. The smallest absolute Gasteiger partial charge is 0.219 e. The number of imidazole rings is 2. The summed E-state index contributed by atoms with van der Waals surface area (Å²) in [5, 5.41) is 7.03. The van der Waals surface area contributed by atoms with Crippen LogP contribution in [0, 0.1) is 5.95 Å². The summed E-state index contributed by atoms with van der Waals surface area (Å²) in [7, 11) is 0. The molecule has 0 bridgehead atoms. The van der Waals surface area contributed by atoms with E-state index in [-0.39, 0.29) is 12.0 Å². The van der Waals surface area contributed by atoms with Crippen molar-refractivity contribution in [3.05, 3.63) is 72.3 Å². The first-order valence-corrected chi connectivity index (χ1v) is 12.6. The molecule has 7 heteroatoms. The lowest BCUT2D eigenvalue weighted by atomic mass is 10.0. The van der Waals surface area contributed by atoms with Gasteiger partial charge in [-0.05, 0) is 56.2 Å². The van der Waals surface area contributed by atoms with E-state index < -0.39 is 0 Å². The van der Waals surface area contributed by atoms with Crippen molar-refractivity contribution in [2.24, 2.45) is 0 Å². The van der Waals surface area contributed by atoms with E-state index in [1.165, 1.54) is 6.42 Å². The van der Waals surface area contributed by atoms with Crippen LogP contribution in [0.15, 0.2) is 54.7 Å². The second-order valence-electron chi connectivity index (χ2n) is 10.0. The molecule has 6 nitrogen and oxygen atoms in total. The Morgan fingerprint density at radius 1 is 0.686 bits per heavy atom. The topological polar surface area (TPSA) is 81.4 Å². The number of nitrogens with zero attached hydrogens (tertiary/aromatic N) is 2. The average Bonchev–Trinajstić information content (AvgIpc) is 3.67. The van der Waals surface area contributed by atoms with E-state index in [9.17, 15) is 4.39 Å². The maximum atomic E-state index is 14.6. The first kappa shape index (κ1) is 22.2. The Morgan fingerprint density at radius 2 is 1.23 bits per heavy atom. The van der Waals surface area contributed by atoms with Crippen LogP contribution in [0.4, 0.5) is 4.39 Å². The van der Waals surface area contributed by atoms with E-state index in [2.05, 4.69) is 68.7 Å². The summed E-state index contributed by atoms with van der Waals surface area (Å²) in [5.41, 5.74) is 5.48. The largest absolute Gasteiger partial charge is 0.341 e. The average molecular weight is 471 g/mol. The first-order chi connectivity index (χ1) is 17.0. The summed E-state index contributed by atoms with van der Waals surface area (Å²) in [5.74, 6) is 1.32. The van der Waals surface area contributed by atoms with Crippen LogP contribution >= 0.6 is 0 Å². The highest BCUT2D eigenvalue weighted by Gasteiger charge is 2.26. The molecule has 2 aliphatic heterocycles. The molecule has 0 aliphatic carbocycles. The van der Waals surface area contributed by atoms with Gasteiger partial charge in [0.05, 0.1) is 24.0 Å². The van der Waals surface area contributed by atoms with Crippen molar-refractivity contribution in [2.75, 3.05) is 0 Å². The minimum atomic E-state index is -0.375. The van der Waals surface area contributed by atoms with Gasteiger partial charge in [0, 0.05) is 17.6 Å². The van der Waals surface area contributed by atoms with E-state index in [1.807, 2.05) is 30.5 Å². The fourth-order valence-corrected chi connectivity index (χ4v) is 5.33. The second kappa shape index (κ2) is 9.06. The lowest BCUT2D eigenvalue weighted by Crippen LogP contribution is -2.21. The van der Waals surface area contributed by atoms with E-state index in [1.54, 1.807) is 0 Å². The maximum absolute atomic E-state index is 14.6. The van der Waals surface area contributed by atoms with Crippen LogP contribution in [0.3, 0.4) is 0 Å². The van der Waals surface area contributed by atoms with Crippen LogP contribution in [0.5, 0.6) is 0 Å². The van der Waals surface area contributed by atoms with Crippen molar-refractivity contribution in [1.29, 1.82) is 0 Å². The Labute approximate surface area is 204 Å². The van der Waals surface area contributed by atoms with Gasteiger partial charge in [0.15, 0.2) is 0 Å². The fourth-order valence-electron chi connectivity index (χ4n) is 5.33. The van der Waals surface area contributed by atoms with E-state index in [4.69, 9.17) is 0 Å². The van der Waals surface area contributed by atoms with Crippen molar-refractivity contribution in [1.82, 2.24) is 30.6 Å². The highest BCUT2D eigenvalue weighted by Crippen LogP contribution is 2.31. The standard InChI is InChI=1S/C28H31FN6/c1-16-3-13-22(31-16)27-30-15-24(33-27)20-9-5-18(6-10-20)19-7-11-21(12-8-19)25-26(29)35-28(34-25)23-14-4-17(2)32-23/h5-12,15-17,22-23,31-32H,3-4,13-14H2,1-2H3,(H,30,33)(H,34,35)/t16-,17-,22-,23-/m0/s1. The normalized spacial score (nSPS) is 24.3. The zero-order valence-corrected chi connectivity index (χ0v) is 20.1. The summed E-state index contributed by atoms with van der Waals surface area (Å²) in [4.78, 5) is 15.5. The molecule has 4 N–H and O–H groups in total. The third-order valence-electron chi connectivity index (χ3n) is 7.37. The molecule has 35 heavy (non-hydrogen) atoms. The molecule has 4 aromatic rings. The van der Waals surface area contributed by atoms with Crippen LogP contribution in [0.2, 0.25) is 0 Å². The van der Waals surface area contributed by atoms with Crippen molar-refractivity contribution in [2.45, 2.75) is 63.7 Å². The molecule has 2 fully saturated rings. The molecule has 6 rings (SSSR count). The van der Waals surface area contributed by atoms with Gasteiger partial charge in [-0.3, -0.25) is 0 Å². The van der Waals surface area contributed by atoms with E-state index in [0.717, 1.165) is 53.0 Å². The highest BCUT2D eigenvalue weighted by molar-refractivity contribution is 5.71. The van der Waals surface area contributed by atoms with Crippen molar-refractivity contribution < 1.29 is 4.39 Å². The van der Waals surface area contributed by atoms with Gasteiger partial charge < -0.3 is 20.6 Å². The Bertz CT molecular complexity index is 1310. The Balaban J connectivity index is 1.17. The zero-order chi connectivity index (χ0) is 23.9. The summed E-state index contributed by atoms with van der Waals surface area (Å²) in [6.45, 7) is 4.36. The molecular weight excluding hydrogens is 439 g/mol. The van der Waals surface area contributed by atoms with Gasteiger partial charge in [0.2, 0.25) is 5.95 Å². The minimum absolute atomic E-state index is 0.0926. The molecule has 2 saturated heterocycles. The molecule has 0 amide bonds. The van der Waals surface area contributed by atoms with Crippen LogP contribution in [0.25, 0.3) is 33.6 Å². The van der Waals surface area contributed by atoms with Crippen molar-refractivity contribution >= 4 is 0 Å². The number of rotatable bonds is 5. The lowest BCUT2D eigenvalue weighted by molar-refractivity contribution is 0.546. The van der Waals surface area contributed by atoms with Crippen LogP contribution in [0.1, 0.15) is 63.3 Å². The number of benzene rings is 2. The molecule has 0 spiro atoms. The Morgan fingerprint density at radius 3 is 1.80 bits per heavy atom. The molecule has 0 saturated carbocycles. The Hall–Kier alpha value is -3.29. The predicted molar refractivity (Wildman–Crippen MR) is 136 cm³/mol. The number of halogens is 1. The molecule has 2 aromatic carbocycles. The van der Waals surface area contributed by atoms with Gasteiger partial charge in [0.1, 0.15) is 17.3 Å². The number of aromatic nitrogens is 4. The maximum Gasteiger partial charge on any atom is 0.219 e. The quantitative estimate of drug-likeness (QED) is 0.293. The number of hydrogen-bond acceptors (Lipinski definition) is 4. The SMILES string of the molecule is C[C@H]1CC[C@@H](c2ncc(-c3ccc(-c4ccc(-c5nc([C@@H]6CC[C@H](C)N6)[nH]c5F)cc4)cc3)[nH]2)N1. The van der Waals surface area contributed by atoms with Crippen molar-refractivity contribution in [3.8, 4) is 33.6 Å². The molecule has 4 heterocycles. The third kappa shape index (κ3) is 4.42. The predicted octanol–water partition coefficient (Wildman–Crippen LogP) is 5.90. The molecule has 180 valence electrons. The summed E-state index contributed by atoms with van der Waals surface area (Å²) >= 11 is 0. The Kier molecular flexibility index (Phi) is 5.74. The van der Waals surface area contributed by atoms with Gasteiger partial charge in [-0.15, -0.1) is 0 Å². The van der Waals surface area contributed by atoms with Gasteiger partial charge in [-0.1, -0.05) is 48.5 Å². The molecule has 2 aromatic heterocycles. The van der Waals surface area contributed by atoms with Gasteiger partial charge in [-0.2, -0.15) is 4.39 Å². The molecule has 0 unspecified atom stereocenters. The van der Waals surface area contributed by atoms with Gasteiger partial charge in [-0.25, -0.2) is 9.97 Å². The molecule has 2 aliphatic rings. The van der Waals surface area contributed by atoms with Crippen molar-refractivity contribution in [3.63, 3.8) is 0 Å². The van der Waals surface area contributed by atoms with Gasteiger partial charge >= 0.3 is 0 Å². The minimum Gasteiger partial charge on any atom is -0.341 e. The third-order valence-corrected chi connectivity index (χ3v) is 7.37. The van der Waals surface area contributed by atoms with E-state index in [0.29, 0.717) is 29.6 Å². The summed E-state index contributed by atoms with van der Waals surface area (Å²) in [6, 6.07) is 17.7. The molecule has 4 atom stereocenters. The first-order valence-electron chi connectivity index (χ1n) is 12.6. The van der Waals surface area contributed by atoms with Crippen LogP contribution < -0.4 is 10.6 Å². The molecule has 0 radical (unpaired) electrons. The van der Waals surface area contributed by atoms with Crippen LogP contribution in [-0.4, -0.2) is 32.0 Å². The second-order valence-corrected chi connectivity index (χ2v) is 10.0. The van der Waals surface area contributed by atoms with Crippen LogP contribution in [-0.2, 0) is 0 Å². The van der Waals surface area contributed by atoms with Gasteiger partial charge in [0.25, 0.3) is 0 Å². The lowest BCUT2D eigenvalue weighted by Gasteiger charge is -2.08. The number of hydrogen-bond donors (Lipinski definition) is 4.